The van der Waals surface area contributed by atoms with Crippen molar-refractivity contribution < 1.29 is 19.5 Å². The number of aliphatic carboxylic acids is 1. The highest BCUT2D eigenvalue weighted by Gasteiger charge is 2.57. The largest absolute Gasteiger partial charge is 0.479 e. The minimum absolute atomic E-state index is 0.140. The highest BCUT2D eigenvalue weighted by Crippen LogP contribution is 2.33. The Kier molecular flexibility index (Phi) is 4.10. The Bertz CT molecular complexity index is 431. The molecule has 2 aliphatic heterocycles. The molecule has 2 rings (SSSR count). The molecule has 7 nitrogen and oxygen atoms in total. The number of carbonyl (C=O) groups is 3. The van der Waals surface area contributed by atoms with Crippen molar-refractivity contribution in [3.8, 4) is 0 Å². The second-order valence-electron chi connectivity index (χ2n) is 5.56. The average molecular weight is 283 g/mol. The second-order valence-corrected chi connectivity index (χ2v) is 5.56. The normalized spacial score (nSPS) is 31.3. The Labute approximate surface area is 117 Å². The third kappa shape index (κ3) is 2.20. The van der Waals surface area contributed by atoms with Crippen molar-refractivity contribution in [1.82, 2.24) is 10.2 Å². The highest BCUT2D eigenvalue weighted by atomic mass is 16.4. The van der Waals surface area contributed by atoms with Crippen molar-refractivity contribution in [1.29, 1.82) is 0 Å². The summed E-state index contributed by atoms with van der Waals surface area (Å²) < 4.78 is 0. The zero-order chi connectivity index (χ0) is 14.9. The summed E-state index contributed by atoms with van der Waals surface area (Å²) in [6.07, 6.45) is 2.20. The van der Waals surface area contributed by atoms with Gasteiger partial charge in [0.25, 0.3) is 0 Å². The van der Waals surface area contributed by atoms with Gasteiger partial charge in [-0.2, -0.15) is 0 Å². The van der Waals surface area contributed by atoms with Crippen LogP contribution >= 0.6 is 0 Å². The van der Waals surface area contributed by atoms with Crippen LogP contribution in [0.2, 0.25) is 0 Å². The van der Waals surface area contributed by atoms with Crippen molar-refractivity contribution >= 4 is 17.7 Å². The number of nitrogens with two attached hydrogens (primary N) is 1. The van der Waals surface area contributed by atoms with Gasteiger partial charge < -0.3 is 21.1 Å². The molecule has 2 aliphatic rings. The summed E-state index contributed by atoms with van der Waals surface area (Å²) in [5, 5.41) is 12.6. The molecule has 0 saturated carbocycles. The number of hydrogen-bond acceptors (Lipinski definition) is 5. The van der Waals surface area contributed by atoms with Crippen LogP contribution in [0.4, 0.5) is 0 Å². The lowest BCUT2D eigenvalue weighted by Gasteiger charge is -2.35. The molecule has 1 amide bonds. The SMILES string of the molecule is CC(N)C(=O)C1(C(=O)O)CCCN1C(=O)C1CCCN1. The molecule has 3 atom stereocenters. The lowest BCUT2D eigenvalue weighted by atomic mass is 9.87. The number of amides is 1. The van der Waals surface area contributed by atoms with E-state index < -0.39 is 23.3 Å². The van der Waals surface area contributed by atoms with Crippen LogP contribution in [0, 0.1) is 0 Å². The summed E-state index contributed by atoms with van der Waals surface area (Å²) in [5.41, 5.74) is 3.81. The number of likely N-dealkylation sites (tertiary alicyclic amines) is 1. The summed E-state index contributed by atoms with van der Waals surface area (Å²) in [6, 6.07) is -1.29. The van der Waals surface area contributed by atoms with Crippen molar-refractivity contribution in [2.45, 2.75) is 50.2 Å². The highest BCUT2D eigenvalue weighted by molar-refractivity contribution is 6.13. The molecular formula is C13H21N3O4. The van der Waals surface area contributed by atoms with E-state index in [1.807, 2.05) is 0 Å². The molecule has 0 aromatic carbocycles. The van der Waals surface area contributed by atoms with Crippen LogP contribution in [0.3, 0.4) is 0 Å². The first-order chi connectivity index (χ1) is 9.41. The summed E-state index contributed by atoms with van der Waals surface area (Å²) in [4.78, 5) is 37.8. The van der Waals surface area contributed by atoms with Gasteiger partial charge in [0.15, 0.2) is 5.78 Å². The quantitative estimate of drug-likeness (QED) is 0.576. The Morgan fingerprint density at radius 2 is 2.10 bits per heavy atom. The maximum Gasteiger partial charge on any atom is 0.337 e. The zero-order valence-electron chi connectivity index (χ0n) is 11.6. The van der Waals surface area contributed by atoms with Crippen molar-refractivity contribution in [2.24, 2.45) is 5.73 Å². The first kappa shape index (κ1) is 14.9. The maximum absolute atomic E-state index is 12.5. The van der Waals surface area contributed by atoms with Crippen LogP contribution in [0.15, 0.2) is 0 Å². The minimum atomic E-state index is -1.78. The van der Waals surface area contributed by atoms with Crippen LogP contribution in [-0.2, 0) is 14.4 Å². The fourth-order valence-corrected chi connectivity index (χ4v) is 3.16. The Morgan fingerprint density at radius 3 is 2.60 bits per heavy atom. The smallest absolute Gasteiger partial charge is 0.337 e. The number of Topliss-reactive ketones (excluding diaryl/α,β-unsaturated/α-hetero) is 1. The van der Waals surface area contributed by atoms with Crippen molar-refractivity contribution in [3.05, 3.63) is 0 Å². The summed E-state index contributed by atoms with van der Waals surface area (Å²) >= 11 is 0. The molecule has 7 heteroatoms. The molecule has 0 bridgehead atoms. The first-order valence-electron chi connectivity index (χ1n) is 6.99. The molecule has 2 heterocycles. The Hall–Kier alpha value is -1.47. The minimum Gasteiger partial charge on any atom is -0.479 e. The topological polar surface area (TPSA) is 113 Å². The molecule has 2 fully saturated rings. The monoisotopic (exact) mass is 283 g/mol. The van der Waals surface area contributed by atoms with Gasteiger partial charge in [0.1, 0.15) is 0 Å². The summed E-state index contributed by atoms with van der Waals surface area (Å²) in [5.74, 6) is -2.16. The lowest BCUT2D eigenvalue weighted by Crippen LogP contribution is -2.64. The summed E-state index contributed by atoms with van der Waals surface area (Å²) in [6.45, 7) is 2.50. The number of carbonyl (C=O) groups excluding carboxylic acids is 2. The van der Waals surface area contributed by atoms with E-state index in [2.05, 4.69) is 5.32 Å². The molecule has 112 valence electrons. The fourth-order valence-electron chi connectivity index (χ4n) is 3.16. The van der Waals surface area contributed by atoms with E-state index in [1.54, 1.807) is 0 Å². The van der Waals surface area contributed by atoms with Crippen LogP contribution < -0.4 is 11.1 Å². The van der Waals surface area contributed by atoms with Gasteiger partial charge >= 0.3 is 5.97 Å². The molecule has 3 unspecified atom stereocenters. The van der Waals surface area contributed by atoms with Gasteiger partial charge in [-0.05, 0) is 39.2 Å². The predicted molar refractivity (Wildman–Crippen MR) is 71.0 cm³/mol. The fraction of sp³-hybridized carbons (Fsp3) is 0.769. The Morgan fingerprint density at radius 1 is 1.40 bits per heavy atom. The first-order valence-corrected chi connectivity index (χ1v) is 6.99. The standard InChI is InChI=1S/C13H21N3O4/c1-8(14)10(17)13(12(19)20)5-3-7-16(13)11(18)9-4-2-6-15-9/h8-9,15H,2-7,14H2,1H3,(H,19,20). The number of carboxylic acids is 1. The molecule has 0 radical (unpaired) electrons. The van der Waals surface area contributed by atoms with Gasteiger partial charge in [0.05, 0.1) is 12.1 Å². The number of rotatable bonds is 4. The van der Waals surface area contributed by atoms with E-state index in [0.29, 0.717) is 19.4 Å². The number of hydrogen-bond donors (Lipinski definition) is 3. The molecule has 0 spiro atoms. The van der Waals surface area contributed by atoms with Crippen LogP contribution in [0.1, 0.15) is 32.6 Å². The molecule has 0 aliphatic carbocycles. The second kappa shape index (κ2) is 5.49. The van der Waals surface area contributed by atoms with Crippen LogP contribution in [-0.4, -0.2) is 58.4 Å². The predicted octanol–water partition coefficient (Wildman–Crippen LogP) is -0.899. The van der Waals surface area contributed by atoms with Crippen LogP contribution in [0.25, 0.3) is 0 Å². The van der Waals surface area contributed by atoms with Crippen LogP contribution in [0.5, 0.6) is 0 Å². The number of nitrogens with one attached hydrogen (secondary N) is 1. The van der Waals surface area contributed by atoms with E-state index in [9.17, 15) is 19.5 Å². The van der Waals surface area contributed by atoms with E-state index in [0.717, 1.165) is 13.0 Å². The van der Waals surface area contributed by atoms with E-state index in [4.69, 9.17) is 5.73 Å². The zero-order valence-corrected chi connectivity index (χ0v) is 11.6. The number of ketones is 1. The van der Waals surface area contributed by atoms with Gasteiger partial charge in [-0.25, -0.2) is 4.79 Å². The lowest BCUT2D eigenvalue weighted by molar-refractivity contribution is -0.162. The molecular weight excluding hydrogens is 262 g/mol. The third-order valence-electron chi connectivity index (χ3n) is 4.18. The number of carboxylic acid groups (broad SMARTS) is 1. The average Bonchev–Trinajstić information content (AvgIpc) is 3.06. The maximum atomic E-state index is 12.5. The third-order valence-corrected chi connectivity index (χ3v) is 4.18. The van der Waals surface area contributed by atoms with Gasteiger partial charge in [-0.1, -0.05) is 0 Å². The van der Waals surface area contributed by atoms with Crippen molar-refractivity contribution in [3.63, 3.8) is 0 Å². The van der Waals surface area contributed by atoms with Gasteiger partial charge in [0.2, 0.25) is 11.4 Å². The number of nitrogens with zero attached hydrogens (tertiary/aromatic N) is 1. The van der Waals surface area contributed by atoms with Crippen molar-refractivity contribution in [2.75, 3.05) is 13.1 Å². The van der Waals surface area contributed by atoms with Gasteiger partial charge in [-0.15, -0.1) is 0 Å². The molecule has 0 aromatic heterocycles. The van der Waals surface area contributed by atoms with Gasteiger partial charge in [0, 0.05) is 6.54 Å². The van der Waals surface area contributed by atoms with E-state index in [-0.39, 0.29) is 18.4 Å². The molecule has 2 saturated heterocycles. The summed E-state index contributed by atoms with van der Waals surface area (Å²) in [7, 11) is 0. The Balaban J connectivity index is 2.32. The van der Waals surface area contributed by atoms with E-state index in [1.165, 1.54) is 11.8 Å². The molecule has 0 aromatic rings. The molecule has 20 heavy (non-hydrogen) atoms. The van der Waals surface area contributed by atoms with E-state index >= 15 is 0 Å². The van der Waals surface area contributed by atoms with Gasteiger partial charge in [-0.3, -0.25) is 9.59 Å². The molecule has 4 N–H and O–H groups in total.